The van der Waals surface area contributed by atoms with Gasteiger partial charge in [-0.1, -0.05) is 5.16 Å². The molecular formula is C13H14N6OS. The van der Waals surface area contributed by atoms with Crippen molar-refractivity contribution < 1.29 is 4.52 Å². The van der Waals surface area contributed by atoms with E-state index in [1.165, 1.54) is 5.56 Å². The molecule has 1 aliphatic heterocycles. The molecule has 0 aromatic carbocycles. The van der Waals surface area contributed by atoms with Crippen molar-refractivity contribution in [1.82, 2.24) is 29.8 Å². The van der Waals surface area contributed by atoms with Crippen molar-refractivity contribution in [3.05, 3.63) is 35.1 Å². The van der Waals surface area contributed by atoms with E-state index in [1.54, 1.807) is 17.7 Å². The molecule has 7 nitrogen and oxygen atoms in total. The van der Waals surface area contributed by atoms with Crippen molar-refractivity contribution in [2.45, 2.75) is 26.1 Å². The van der Waals surface area contributed by atoms with Gasteiger partial charge in [-0.25, -0.2) is 0 Å². The summed E-state index contributed by atoms with van der Waals surface area (Å²) < 4.78 is 7.53. The summed E-state index contributed by atoms with van der Waals surface area (Å²) in [7, 11) is 2.03. The van der Waals surface area contributed by atoms with E-state index in [-0.39, 0.29) is 6.04 Å². The first-order valence-corrected chi connectivity index (χ1v) is 7.55. The smallest absolute Gasteiger partial charge is 0.246 e. The fraction of sp³-hybridized carbons (Fsp3) is 0.385. The second-order valence-electron chi connectivity index (χ2n) is 5.22. The van der Waals surface area contributed by atoms with Gasteiger partial charge in [0.1, 0.15) is 18.2 Å². The minimum atomic E-state index is 0.0509. The lowest BCUT2D eigenvalue weighted by molar-refractivity contribution is 0.139. The van der Waals surface area contributed by atoms with E-state index < -0.39 is 0 Å². The zero-order valence-electron chi connectivity index (χ0n) is 11.7. The maximum Gasteiger partial charge on any atom is 0.246 e. The molecule has 3 aromatic heterocycles. The first-order chi connectivity index (χ1) is 10.2. The van der Waals surface area contributed by atoms with E-state index in [0.29, 0.717) is 11.7 Å². The quantitative estimate of drug-likeness (QED) is 0.719. The number of hydrogen-bond donors (Lipinski definition) is 0. The van der Waals surface area contributed by atoms with Crippen LogP contribution in [0.25, 0.3) is 10.7 Å². The Kier molecular flexibility index (Phi) is 2.86. The van der Waals surface area contributed by atoms with E-state index in [4.69, 9.17) is 4.52 Å². The first kappa shape index (κ1) is 12.7. The van der Waals surface area contributed by atoms with E-state index in [9.17, 15) is 0 Å². The SMILES string of the molecule is Cc1ccsc1-c1noc(C2Cn3cnnc3CN2C)n1. The summed E-state index contributed by atoms with van der Waals surface area (Å²) in [5.41, 5.74) is 1.17. The van der Waals surface area contributed by atoms with Crippen LogP contribution >= 0.6 is 11.3 Å². The first-order valence-electron chi connectivity index (χ1n) is 6.67. The van der Waals surface area contributed by atoms with E-state index in [1.807, 2.05) is 17.0 Å². The summed E-state index contributed by atoms with van der Waals surface area (Å²) >= 11 is 1.63. The highest BCUT2D eigenvalue weighted by Gasteiger charge is 2.30. The monoisotopic (exact) mass is 302 g/mol. The Morgan fingerprint density at radius 1 is 1.43 bits per heavy atom. The number of aromatic nitrogens is 5. The standard InChI is InChI=1S/C13H14N6OS/c1-8-3-4-21-11(8)12-15-13(20-17-12)9-5-19-7-14-16-10(19)6-18(9)2/h3-4,7,9H,5-6H2,1-2H3. The van der Waals surface area contributed by atoms with Gasteiger partial charge in [0.05, 0.1) is 11.4 Å². The van der Waals surface area contributed by atoms with Crippen LogP contribution in [-0.2, 0) is 13.1 Å². The molecule has 3 aromatic rings. The number of thiophene rings is 1. The summed E-state index contributed by atoms with van der Waals surface area (Å²) in [6.07, 6.45) is 1.75. The van der Waals surface area contributed by atoms with Crippen LogP contribution < -0.4 is 0 Å². The molecule has 0 fully saturated rings. The predicted octanol–water partition coefficient (Wildman–Crippen LogP) is 1.88. The van der Waals surface area contributed by atoms with Crippen LogP contribution in [-0.4, -0.2) is 36.9 Å². The number of aryl methyl sites for hydroxylation is 1. The van der Waals surface area contributed by atoms with Gasteiger partial charge in [0.25, 0.3) is 0 Å². The molecule has 0 saturated heterocycles. The number of rotatable bonds is 2. The lowest BCUT2D eigenvalue weighted by Gasteiger charge is -2.29. The van der Waals surface area contributed by atoms with Crippen LogP contribution in [0.15, 0.2) is 22.3 Å². The second kappa shape index (κ2) is 4.74. The molecular weight excluding hydrogens is 288 g/mol. The number of fused-ring (bicyclic) bond motifs is 1. The Labute approximate surface area is 125 Å². The number of likely N-dealkylation sites (N-methyl/N-ethyl adjacent to an activating group) is 1. The molecule has 1 atom stereocenters. The molecule has 0 bridgehead atoms. The Balaban J connectivity index is 1.66. The third-order valence-electron chi connectivity index (χ3n) is 3.78. The zero-order valence-corrected chi connectivity index (χ0v) is 12.5. The van der Waals surface area contributed by atoms with Crippen LogP contribution in [0.4, 0.5) is 0 Å². The second-order valence-corrected chi connectivity index (χ2v) is 6.14. The van der Waals surface area contributed by atoms with E-state index >= 15 is 0 Å². The summed E-state index contributed by atoms with van der Waals surface area (Å²) in [6, 6.07) is 2.11. The van der Waals surface area contributed by atoms with Gasteiger partial charge in [0, 0.05) is 6.54 Å². The molecule has 8 heteroatoms. The fourth-order valence-electron chi connectivity index (χ4n) is 2.54. The van der Waals surface area contributed by atoms with Gasteiger partial charge in [-0.15, -0.1) is 21.5 Å². The number of nitrogens with zero attached hydrogens (tertiary/aromatic N) is 6. The molecule has 4 heterocycles. The maximum atomic E-state index is 5.49. The van der Waals surface area contributed by atoms with Gasteiger partial charge >= 0.3 is 0 Å². The molecule has 4 rings (SSSR count). The summed E-state index contributed by atoms with van der Waals surface area (Å²) in [4.78, 5) is 7.80. The lowest BCUT2D eigenvalue weighted by Crippen LogP contribution is -2.34. The minimum Gasteiger partial charge on any atom is -0.337 e. The van der Waals surface area contributed by atoms with Crippen molar-refractivity contribution in [2.24, 2.45) is 0 Å². The average Bonchev–Trinajstić information content (AvgIpc) is 3.16. The van der Waals surface area contributed by atoms with Gasteiger partial charge in [0.2, 0.25) is 11.7 Å². The highest BCUT2D eigenvalue weighted by atomic mass is 32.1. The Morgan fingerprint density at radius 2 is 2.33 bits per heavy atom. The maximum absolute atomic E-state index is 5.49. The molecule has 108 valence electrons. The molecule has 0 aliphatic carbocycles. The molecule has 1 unspecified atom stereocenters. The summed E-state index contributed by atoms with van der Waals surface area (Å²) in [6.45, 7) is 3.50. The largest absolute Gasteiger partial charge is 0.337 e. The molecule has 1 aliphatic rings. The van der Waals surface area contributed by atoms with Crippen molar-refractivity contribution in [2.75, 3.05) is 7.05 Å². The van der Waals surface area contributed by atoms with Crippen molar-refractivity contribution in [1.29, 1.82) is 0 Å². The van der Waals surface area contributed by atoms with Gasteiger partial charge in [0.15, 0.2) is 0 Å². The molecule has 0 saturated carbocycles. The zero-order chi connectivity index (χ0) is 14.4. The predicted molar refractivity (Wildman–Crippen MR) is 76.6 cm³/mol. The van der Waals surface area contributed by atoms with Crippen LogP contribution in [0.2, 0.25) is 0 Å². The van der Waals surface area contributed by atoms with Crippen LogP contribution in [0.3, 0.4) is 0 Å². The highest BCUT2D eigenvalue weighted by Crippen LogP contribution is 2.30. The topological polar surface area (TPSA) is 72.9 Å². The third kappa shape index (κ3) is 2.07. The summed E-state index contributed by atoms with van der Waals surface area (Å²) in [5.74, 6) is 2.27. The van der Waals surface area contributed by atoms with Crippen molar-refractivity contribution >= 4 is 11.3 Å². The van der Waals surface area contributed by atoms with Crippen LogP contribution in [0.5, 0.6) is 0 Å². The van der Waals surface area contributed by atoms with E-state index in [2.05, 4.69) is 38.2 Å². The van der Waals surface area contributed by atoms with Gasteiger partial charge in [-0.2, -0.15) is 4.98 Å². The Morgan fingerprint density at radius 3 is 3.14 bits per heavy atom. The molecule has 0 radical (unpaired) electrons. The fourth-order valence-corrected chi connectivity index (χ4v) is 3.39. The van der Waals surface area contributed by atoms with Gasteiger partial charge < -0.3 is 9.09 Å². The van der Waals surface area contributed by atoms with Gasteiger partial charge in [-0.05, 0) is 31.0 Å². The Hall–Kier alpha value is -2.06. The van der Waals surface area contributed by atoms with Crippen molar-refractivity contribution in [3.63, 3.8) is 0 Å². The highest BCUT2D eigenvalue weighted by molar-refractivity contribution is 7.13. The lowest BCUT2D eigenvalue weighted by atomic mass is 10.2. The van der Waals surface area contributed by atoms with Crippen LogP contribution in [0, 0.1) is 6.92 Å². The molecule has 0 N–H and O–H groups in total. The Bertz CT molecular complexity index is 775. The third-order valence-corrected chi connectivity index (χ3v) is 4.79. The average molecular weight is 302 g/mol. The molecule has 0 amide bonds. The molecule has 21 heavy (non-hydrogen) atoms. The van der Waals surface area contributed by atoms with Gasteiger partial charge in [-0.3, -0.25) is 4.90 Å². The van der Waals surface area contributed by atoms with Crippen LogP contribution in [0.1, 0.15) is 23.3 Å². The van der Waals surface area contributed by atoms with E-state index in [0.717, 1.165) is 23.8 Å². The molecule has 0 spiro atoms. The summed E-state index contributed by atoms with van der Waals surface area (Å²) in [5, 5.41) is 14.2. The van der Waals surface area contributed by atoms with Crippen molar-refractivity contribution in [3.8, 4) is 10.7 Å². The minimum absolute atomic E-state index is 0.0509. The number of hydrogen-bond acceptors (Lipinski definition) is 7. The normalized spacial score (nSPS) is 18.9.